The van der Waals surface area contributed by atoms with E-state index in [0.717, 1.165) is 6.42 Å². The molecule has 0 aromatic heterocycles. The fourth-order valence-electron chi connectivity index (χ4n) is 1.65. The highest BCUT2D eigenvalue weighted by molar-refractivity contribution is 6.21. The van der Waals surface area contributed by atoms with Gasteiger partial charge in [0.25, 0.3) is 0 Å². The van der Waals surface area contributed by atoms with Gasteiger partial charge in [-0.3, -0.25) is 0 Å². The summed E-state index contributed by atoms with van der Waals surface area (Å²) in [6.45, 7) is 6.38. The molecule has 1 aliphatic carbocycles. The Labute approximate surface area is 109 Å². The van der Waals surface area contributed by atoms with Gasteiger partial charge in [-0.05, 0) is 20.3 Å². The van der Waals surface area contributed by atoms with Crippen LogP contribution in [0, 0.1) is 0 Å². The first-order chi connectivity index (χ1) is 8.15. The molecule has 0 amide bonds. The Kier molecular flexibility index (Phi) is 7.39. The maximum atomic E-state index is 6.07. The summed E-state index contributed by atoms with van der Waals surface area (Å²) in [4.78, 5) is 0. The zero-order valence-corrected chi connectivity index (χ0v) is 11.6. The van der Waals surface area contributed by atoms with Crippen LogP contribution in [0.4, 0.5) is 0 Å². The molecular formula is C12H23ClO4. The van der Waals surface area contributed by atoms with Crippen molar-refractivity contribution in [3.63, 3.8) is 0 Å². The first-order valence-corrected chi connectivity index (χ1v) is 6.56. The van der Waals surface area contributed by atoms with E-state index in [1.165, 1.54) is 0 Å². The van der Waals surface area contributed by atoms with E-state index in [2.05, 4.69) is 0 Å². The van der Waals surface area contributed by atoms with Gasteiger partial charge in [-0.15, -0.1) is 11.6 Å². The molecule has 5 heteroatoms. The van der Waals surface area contributed by atoms with Gasteiger partial charge in [-0.25, -0.2) is 0 Å². The van der Waals surface area contributed by atoms with Gasteiger partial charge in [0.1, 0.15) is 6.10 Å². The Bertz CT molecular complexity index is 201. The molecule has 0 radical (unpaired) electrons. The van der Waals surface area contributed by atoms with Gasteiger partial charge < -0.3 is 18.9 Å². The standard InChI is InChI=1S/C12H23ClO4/c1-9(2)15-6-7-16-11-8-10(13)12(11)17-5-4-14-3/h9-12H,4-8H2,1-3H3. The molecule has 0 spiro atoms. The van der Waals surface area contributed by atoms with Gasteiger partial charge in [0.15, 0.2) is 0 Å². The van der Waals surface area contributed by atoms with Crippen molar-refractivity contribution >= 4 is 11.6 Å². The maximum Gasteiger partial charge on any atom is 0.100 e. The molecule has 0 heterocycles. The van der Waals surface area contributed by atoms with Crippen LogP contribution in [0.15, 0.2) is 0 Å². The lowest BCUT2D eigenvalue weighted by Crippen LogP contribution is -2.51. The normalized spacial score (nSPS) is 28.4. The van der Waals surface area contributed by atoms with Crippen LogP contribution in [0.3, 0.4) is 0 Å². The molecule has 1 saturated carbocycles. The fraction of sp³-hybridized carbons (Fsp3) is 1.00. The monoisotopic (exact) mass is 266 g/mol. The average Bonchev–Trinajstić information content (AvgIpc) is 2.28. The predicted molar refractivity (Wildman–Crippen MR) is 66.7 cm³/mol. The number of ether oxygens (including phenoxy) is 4. The molecule has 0 aliphatic heterocycles. The highest BCUT2D eigenvalue weighted by Gasteiger charge is 2.41. The van der Waals surface area contributed by atoms with Gasteiger partial charge in [0.05, 0.1) is 44.0 Å². The summed E-state index contributed by atoms with van der Waals surface area (Å²) in [5, 5.41) is 0.0582. The summed E-state index contributed by atoms with van der Waals surface area (Å²) in [6.07, 6.45) is 1.19. The second-order valence-electron chi connectivity index (χ2n) is 4.41. The van der Waals surface area contributed by atoms with Crippen molar-refractivity contribution in [2.24, 2.45) is 0 Å². The molecule has 0 N–H and O–H groups in total. The lowest BCUT2D eigenvalue weighted by molar-refractivity contribution is -0.138. The molecule has 1 fully saturated rings. The second kappa shape index (κ2) is 8.27. The topological polar surface area (TPSA) is 36.9 Å². The van der Waals surface area contributed by atoms with Crippen LogP contribution in [-0.2, 0) is 18.9 Å². The molecule has 1 aliphatic rings. The Balaban J connectivity index is 2.07. The van der Waals surface area contributed by atoms with Crippen LogP contribution in [0.25, 0.3) is 0 Å². The van der Waals surface area contributed by atoms with E-state index >= 15 is 0 Å². The molecule has 0 aromatic rings. The molecule has 3 atom stereocenters. The Morgan fingerprint density at radius 3 is 2.41 bits per heavy atom. The quantitative estimate of drug-likeness (QED) is 0.471. The minimum absolute atomic E-state index is 0.00846. The minimum Gasteiger partial charge on any atom is -0.382 e. The molecule has 0 bridgehead atoms. The van der Waals surface area contributed by atoms with E-state index in [1.807, 2.05) is 13.8 Å². The van der Waals surface area contributed by atoms with Crippen LogP contribution in [0.2, 0.25) is 0 Å². The Morgan fingerprint density at radius 1 is 1.12 bits per heavy atom. The summed E-state index contributed by atoms with van der Waals surface area (Å²) in [6, 6.07) is 0. The summed E-state index contributed by atoms with van der Waals surface area (Å²) in [5.74, 6) is 0. The number of alkyl halides is 1. The van der Waals surface area contributed by atoms with Crippen molar-refractivity contribution < 1.29 is 18.9 Å². The molecular weight excluding hydrogens is 244 g/mol. The number of rotatable bonds is 9. The van der Waals surface area contributed by atoms with Crippen molar-refractivity contribution in [2.75, 3.05) is 33.5 Å². The number of hydrogen-bond donors (Lipinski definition) is 0. The van der Waals surface area contributed by atoms with Crippen molar-refractivity contribution in [3.05, 3.63) is 0 Å². The van der Waals surface area contributed by atoms with Crippen LogP contribution in [-0.4, -0.2) is 57.2 Å². The zero-order valence-electron chi connectivity index (χ0n) is 10.9. The average molecular weight is 267 g/mol. The number of hydrogen-bond acceptors (Lipinski definition) is 4. The van der Waals surface area contributed by atoms with Crippen LogP contribution in [0.1, 0.15) is 20.3 Å². The van der Waals surface area contributed by atoms with Crippen molar-refractivity contribution in [1.82, 2.24) is 0 Å². The third kappa shape index (κ3) is 5.53. The van der Waals surface area contributed by atoms with E-state index in [1.54, 1.807) is 7.11 Å². The highest BCUT2D eigenvalue weighted by Crippen LogP contribution is 2.31. The lowest BCUT2D eigenvalue weighted by Gasteiger charge is -2.40. The predicted octanol–water partition coefficient (Wildman–Crippen LogP) is 1.84. The summed E-state index contributed by atoms with van der Waals surface area (Å²) in [7, 11) is 1.65. The fourth-order valence-corrected chi connectivity index (χ4v) is 2.06. The van der Waals surface area contributed by atoms with Crippen molar-refractivity contribution in [1.29, 1.82) is 0 Å². The lowest BCUT2D eigenvalue weighted by atomic mass is 9.91. The minimum atomic E-state index is -0.00846. The molecule has 0 aromatic carbocycles. The first kappa shape index (κ1) is 15.2. The van der Waals surface area contributed by atoms with Crippen LogP contribution < -0.4 is 0 Å². The molecule has 1 rings (SSSR count). The van der Waals surface area contributed by atoms with E-state index < -0.39 is 0 Å². The first-order valence-electron chi connectivity index (χ1n) is 6.13. The number of methoxy groups -OCH3 is 1. The smallest absolute Gasteiger partial charge is 0.100 e. The molecule has 0 saturated heterocycles. The second-order valence-corrected chi connectivity index (χ2v) is 4.97. The van der Waals surface area contributed by atoms with Crippen LogP contribution >= 0.6 is 11.6 Å². The van der Waals surface area contributed by atoms with Crippen molar-refractivity contribution in [3.8, 4) is 0 Å². The number of halogens is 1. The third-order valence-corrected chi connectivity index (χ3v) is 3.07. The van der Waals surface area contributed by atoms with Gasteiger partial charge >= 0.3 is 0 Å². The molecule has 3 unspecified atom stereocenters. The SMILES string of the molecule is COCCOC1C(Cl)CC1OCCOC(C)C. The Hall–Kier alpha value is 0.130. The van der Waals surface area contributed by atoms with E-state index in [4.69, 9.17) is 30.5 Å². The van der Waals surface area contributed by atoms with E-state index in [0.29, 0.717) is 26.4 Å². The summed E-state index contributed by atoms with van der Waals surface area (Å²) in [5.41, 5.74) is 0. The Morgan fingerprint density at radius 2 is 1.82 bits per heavy atom. The summed E-state index contributed by atoms with van der Waals surface area (Å²) < 4.78 is 21.6. The van der Waals surface area contributed by atoms with Crippen molar-refractivity contribution in [2.45, 2.75) is 44.0 Å². The zero-order chi connectivity index (χ0) is 12.7. The van der Waals surface area contributed by atoms with Gasteiger partial charge in [0.2, 0.25) is 0 Å². The third-order valence-electron chi connectivity index (χ3n) is 2.64. The summed E-state index contributed by atoms with van der Waals surface area (Å²) >= 11 is 6.07. The largest absolute Gasteiger partial charge is 0.382 e. The maximum absolute atomic E-state index is 6.07. The van der Waals surface area contributed by atoms with Crippen LogP contribution in [0.5, 0.6) is 0 Å². The molecule has 4 nitrogen and oxygen atoms in total. The van der Waals surface area contributed by atoms with Gasteiger partial charge in [0, 0.05) is 7.11 Å². The highest BCUT2D eigenvalue weighted by atomic mass is 35.5. The van der Waals surface area contributed by atoms with E-state index in [9.17, 15) is 0 Å². The van der Waals surface area contributed by atoms with E-state index in [-0.39, 0.29) is 23.7 Å². The van der Waals surface area contributed by atoms with Gasteiger partial charge in [-0.1, -0.05) is 0 Å². The van der Waals surface area contributed by atoms with Gasteiger partial charge in [-0.2, -0.15) is 0 Å². The molecule has 17 heavy (non-hydrogen) atoms. The molecule has 102 valence electrons.